The van der Waals surface area contributed by atoms with E-state index < -0.39 is 0 Å². The van der Waals surface area contributed by atoms with E-state index >= 15 is 0 Å². The second-order valence-electron chi connectivity index (χ2n) is 4.37. The Kier molecular flexibility index (Phi) is 5.96. The van der Waals surface area contributed by atoms with E-state index in [1.54, 1.807) is 25.1 Å². The number of hydrogen-bond donors (Lipinski definition) is 1. The molecule has 1 unspecified atom stereocenters. The fraction of sp³-hybridized carbons (Fsp3) is 0.500. The highest BCUT2D eigenvalue weighted by Crippen LogP contribution is 2.28. The van der Waals surface area contributed by atoms with Crippen molar-refractivity contribution in [3.05, 3.63) is 23.2 Å². The Bertz CT molecular complexity index is 437. The molecule has 1 atom stereocenters. The third kappa shape index (κ3) is 4.03. The van der Waals surface area contributed by atoms with Gasteiger partial charge in [-0.15, -0.1) is 0 Å². The molecule has 0 fully saturated rings. The van der Waals surface area contributed by atoms with E-state index in [0.717, 1.165) is 12.1 Å². The lowest BCUT2D eigenvalue weighted by Gasteiger charge is -2.29. The number of nitrogens with two attached hydrogens (primary N) is 1. The number of likely N-dealkylation sites (N-methyl/N-ethyl adjacent to an activating group) is 1. The molecule has 0 aromatic heterocycles. The van der Waals surface area contributed by atoms with Gasteiger partial charge < -0.3 is 15.4 Å². The lowest BCUT2D eigenvalue weighted by atomic mass is 10.1. The highest BCUT2D eigenvalue weighted by atomic mass is 35.5. The van der Waals surface area contributed by atoms with Crippen LogP contribution in [-0.2, 0) is 9.53 Å². The smallest absolute Gasteiger partial charge is 0.328 e. The van der Waals surface area contributed by atoms with Crippen LogP contribution in [0.2, 0.25) is 5.02 Å². The van der Waals surface area contributed by atoms with Crippen molar-refractivity contribution in [1.82, 2.24) is 0 Å². The van der Waals surface area contributed by atoms with E-state index in [-0.39, 0.29) is 12.0 Å². The van der Waals surface area contributed by atoms with Crippen LogP contribution in [0.1, 0.15) is 26.7 Å². The van der Waals surface area contributed by atoms with E-state index in [1.165, 1.54) is 0 Å². The van der Waals surface area contributed by atoms with Crippen molar-refractivity contribution in [3.63, 3.8) is 0 Å². The minimum absolute atomic E-state index is 0.230. The molecule has 0 bridgehead atoms. The molecule has 0 aliphatic rings. The Balaban J connectivity index is 3.01. The molecule has 1 aromatic carbocycles. The maximum absolute atomic E-state index is 12.0. The molecular weight excluding hydrogens is 264 g/mol. The first-order valence-corrected chi connectivity index (χ1v) is 6.83. The zero-order chi connectivity index (χ0) is 14.4. The molecule has 19 heavy (non-hydrogen) atoms. The van der Waals surface area contributed by atoms with Crippen LogP contribution in [0.25, 0.3) is 0 Å². The number of nitrogen functional groups attached to an aromatic ring is 1. The van der Waals surface area contributed by atoms with E-state index in [1.807, 2.05) is 18.9 Å². The third-order valence-corrected chi connectivity index (χ3v) is 3.20. The lowest BCUT2D eigenvalue weighted by Crippen LogP contribution is -2.40. The number of anilines is 2. The fourth-order valence-electron chi connectivity index (χ4n) is 1.97. The summed E-state index contributed by atoms with van der Waals surface area (Å²) >= 11 is 5.98. The van der Waals surface area contributed by atoms with Crippen LogP contribution in [0.3, 0.4) is 0 Å². The molecule has 1 rings (SSSR count). The molecule has 0 aliphatic carbocycles. The molecule has 1 aromatic rings. The van der Waals surface area contributed by atoms with E-state index in [2.05, 4.69) is 0 Å². The second-order valence-corrected chi connectivity index (χ2v) is 4.81. The van der Waals surface area contributed by atoms with Crippen molar-refractivity contribution in [2.75, 3.05) is 24.3 Å². The van der Waals surface area contributed by atoms with Crippen molar-refractivity contribution in [3.8, 4) is 0 Å². The Morgan fingerprint density at radius 1 is 1.47 bits per heavy atom. The van der Waals surface area contributed by atoms with Gasteiger partial charge in [-0.1, -0.05) is 24.9 Å². The minimum Gasteiger partial charge on any atom is -0.464 e. The maximum atomic E-state index is 12.0. The molecule has 0 saturated carbocycles. The highest BCUT2D eigenvalue weighted by Gasteiger charge is 2.25. The van der Waals surface area contributed by atoms with E-state index in [4.69, 9.17) is 22.1 Å². The summed E-state index contributed by atoms with van der Waals surface area (Å²) < 4.78 is 5.11. The molecule has 2 N–H and O–H groups in total. The molecule has 4 nitrogen and oxygen atoms in total. The number of nitrogens with zero attached hydrogens (tertiary/aromatic N) is 1. The van der Waals surface area contributed by atoms with Gasteiger partial charge in [-0.25, -0.2) is 4.79 Å². The monoisotopic (exact) mass is 284 g/mol. The first-order valence-electron chi connectivity index (χ1n) is 6.45. The van der Waals surface area contributed by atoms with Gasteiger partial charge in [0.1, 0.15) is 6.04 Å². The van der Waals surface area contributed by atoms with Crippen molar-refractivity contribution in [1.29, 1.82) is 0 Å². The summed E-state index contributed by atoms with van der Waals surface area (Å²) in [6.07, 6.45) is 1.59. The van der Waals surface area contributed by atoms with Gasteiger partial charge in [0.05, 0.1) is 18.0 Å². The topological polar surface area (TPSA) is 55.6 Å². The molecule has 0 amide bonds. The Labute approximate surface area is 119 Å². The molecule has 0 heterocycles. The summed E-state index contributed by atoms with van der Waals surface area (Å²) in [6.45, 7) is 4.20. The Morgan fingerprint density at radius 2 is 2.16 bits per heavy atom. The number of ether oxygens (including phenoxy) is 1. The molecular formula is C14H21ClN2O2. The Hall–Kier alpha value is -1.42. The van der Waals surface area contributed by atoms with Crippen LogP contribution >= 0.6 is 11.6 Å². The van der Waals surface area contributed by atoms with Gasteiger partial charge in [-0.3, -0.25) is 0 Å². The standard InChI is InChI=1S/C14H21ClN2O2/c1-4-6-12(14(18)19-5-2)17(3)13-9-10(15)7-8-11(13)16/h7-9,12H,4-6,16H2,1-3H3. The van der Waals surface area contributed by atoms with Crippen molar-refractivity contribution < 1.29 is 9.53 Å². The summed E-state index contributed by atoms with van der Waals surface area (Å²) in [6, 6.07) is 4.89. The Morgan fingerprint density at radius 3 is 2.74 bits per heavy atom. The number of rotatable bonds is 6. The van der Waals surface area contributed by atoms with Gasteiger partial charge in [0.2, 0.25) is 0 Å². The number of halogens is 1. The molecule has 5 heteroatoms. The normalized spacial score (nSPS) is 12.0. The second kappa shape index (κ2) is 7.24. The predicted molar refractivity (Wildman–Crippen MR) is 79.6 cm³/mol. The summed E-state index contributed by atoms with van der Waals surface area (Å²) in [7, 11) is 1.83. The van der Waals surface area contributed by atoms with Crippen molar-refractivity contribution in [2.24, 2.45) is 0 Å². The van der Waals surface area contributed by atoms with Crippen LogP contribution in [0, 0.1) is 0 Å². The first kappa shape index (κ1) is 15.6. The van der Waals surface area contributed by atoms with Gasteiger partial charge in [0.25, 0.3) is 0 Å². The van der Waals surface area contributed by atoms with Gasteiger partial charge in [-0.05, 0) is 31.5 Å². The maximum Gasteiger partial charge on any atom is 0.328 e. The first-order chi connectivity index (χ1) is 9.01. The van der Waals surface area contributed by atoms with Crippen LogP contribution in [-0.4, -0.2) is 25.7 Å². The van der Waals surface area contributed by atoms with Crippen LogP contribution in [0.4, 0.5) is 11.4 Å². The molecule has 0 spiro atoms. The number of benzene rings is 1. The summed E-state index contributed by atoms with van der Waals surface area (Å²) in [5.41, 5.74) is 7.29. The van der Waals surface area contributed by atoms with Crippen LogP contribution < -0.4 is 10.6 Å². The number of carbonyl (C=O) groups excluding carboxylic acids is 1. The average molecular weight is 285 g/mol. The van der Waals surface area contributed by atoms with E-state index in [0.29, 0.717) is 23.7 Å². The van der Waals surface area contributed by atoms with Crippen molar-refractivity contribution >= 4 is 28.9 Å². The van der Waals surface area contributed by atoms with Gasteiger partial charge in [0.15, 0.2) is 0 Å². The quantitative estimate of drug-likeness (QED) is 0.644. The summed E-state index contributed by atoms with van der Waals surface area (Å²) in [5, 5.41) is 0.593. The third-order valence-electron chi connectivity index (χ3n) is 2.96. The van der Waals surface area contributed by atoms with Crippen LogP contribution in [0.15, 0.2) is 18.2 Å². The van der Waals surface area contributed by atoms with Gasteiger partial charge >= 0.3 is 5.97 Å². The molecule has 0 saturated heterocycles. The minimum atomic E-state index is -0.342. The number of hydrogen-bond acceptors (Lipinski definition) is 4. The van der Waals surface area contributed by atoms with Crippen molar-refractivity contribution in [2.45, 2.75) is 32.7 Å². The number of carbonyl (C=O) groups is 1. The fourth-order valence-corrected chi connectivity index (χ4v) is 2.14. The summed E-state index contributed by atoms with van der Waals surface area (Å²) in [5.74, 6) is -0.230. The zero-order valence-corrected chi connectivity index (χ0v) is 12.4. The lowest BCUT2D eigenvalue weighted by molar-refractivity contribution is -0.144. The molecule has 0 aliphatic heterocycles. The van der Waals surface area contributed by atoms with Crippen LogP contribution in [0.5, 0.6) is 0 Å². The zero-order valence-electron chi connectivity index (χ0n) is 11.6. The molecule has 0 radical (unpaired) electrons. The van der Waals surface area contributed by atoms with Gasteiger partial charge in [0, 0.05) is 12.1 Å². The SMILES string of the molecule is CCCC(C(=O)OCC)N(C)c1cc(Cl)ccc1N. The van der Waals surface area contributed by atoms with E-state index in [9.17, 15) is 4.79 Å². The molecule has 106 valence electrons. The highest BCUT2D eigenvalue weighted by molar-refractivity contribution is 6.31. The number of esters is 1. The predicted octanol–water partition coefficient (Wildman–Crippen LogP) is 3.09. The van der Waals surface area contributed by atoms with Gasteiger partial charge in [-0.2, -0.15) is 0 Å². The summed E-state index contributed by atoms with van der Waals surface area (Å²) in [4.78, 5) is 13.8. The largest absolute Gasteiger partial charge is 0.464 e. The average Bonchev–Trinajstić information content (AvgIpc) is 2.38.